The smallest absolute Gasteiger partial charge is 0.0994 e. The number of hydrogen-bond donors (Lipinski definition) is 0. The average Bonchev–Trinajstić information content (AvgIpc) is 2.94. The van der Waals surface area contributed by atoms with Crippen LogP contribution in [0.25, 0.3) is 22.3 Å². The highest BCUT2D eigenvalue weighted by Crippen LogP contribution is 2.31. The minimum Gasteiger partial charge on any atom is -0.498 e. The van der Waals surface area contributed by atoms with Gasteiger partial charge in [0.2, 0.25) is 0 Å². The van der Waals surface area contributed by atoms with E-state index in [1.807, 2.05) is 13.8 Å². The number of unbranched alkanes of at least 4 members (excludes halogenated alkanes) is 2. The van der Waals surface area contributed by atoms with Crippen molar-refractivity contribution in [2.24, 2.45) is 5.92 Å². The Morgan fingerprint density at radius 1 is 0.658 bits per heavy atom. The molecule has 0 N–H and O–H groups in total. The van der Waals surface area contributed by atoms with Gasteiger partial charge < -0.3 is 9.47 Å². The van der Waals surface area contributed by atoms with Gasteiger partial charge in [0.15, 0.2) is 0 Å². The molecule has 0 fully saturated rings. The molecule has 0 aromatic heterocycles. The van der Waals surface area contributed by atoms with Crippen LogP contribution in [0.2, 0.25) is 0 Å². The van der Waals surface area contributed by atoms with E-state index in [0.29, 0.717) is 13.2 Å². The third-order valence-corrected chi connectivity index (χ3v) is 7.27. The standard InChI is InChI=1S/C36H46O2/c1-7-11-12-13-29-14-19-32(20-15-29)34-23-25-36(31(8-2)26-34)33-21-16-30(17-22-33)18-24-35(27(5)37-9-3)28(6)38-10-4/h14-17,19-23,25-26,35H,5-13,18,24H2,1-4H3. The molecule has 2 nitrogen and oxygen atoms in total. The average molecular weight is 511 g/mol. The van der Waals surface area contributed by atoms with Crippen LogP contribution in [0.3, 0.4) is 0 Å². The van der Waals surface area contributed by atoms with Crippen LogP contribution < -0.4 is 0 Å². The molecule has 0 aliphatic heterocycles. The molecule has 0 saturated heterocycles. The Hall–Kier alpha value is -3.26. The van der Waals surface area contributed by atoms with Gasteiger partial charge in [-0.2, -0.15) is 0 Å². The van der Waals surface area contributed by atoms with E-state index in [-0.39, 0.29) is 5.92 Å². The monoisotopic (exact) mass is 510 g/mol. The first-order valence-corrected chi connectivity index (χ1v) is 14.4. The Morgan fingerprint density at radius 2 is 1.21 bits per heavy atom. The van der Waals surface area contributed by atoms with Crippen LogP contribution in [0.4, 0.5) is 0 Å². The fraction of sp³-hybridized carbons (Fsp3) is 0.389. The zero-order valence-corrected chi connectivity index (χ0v) is 24.0. The summed E-state index contributed by atoms with van der Waals surface area (Å²) in [6.45, 7) is 17.9. The zero-order chi connectivity index (χ0) is 27.3. The Bertz CT molecular complexity index is 1140. The van der Waals surface area contributed by atoms with E-state index >= 15 is 0 Å². The van der Waals surface area contributed by atoms with Gasteiger partial charge in [0.25, 0.3) is 0 Å². The molecule has 38 heavy (non-hydrogen) atoms. The lowest BCUT2D eigenvalue weighted by Crippen LogP contribution is -2.13. The zero-order valence-electron chi connectivity index (χ0n) is 24.0. The van der Waals surface area contributed by atoms with Crippen molar-refractivity contribution in [3.63, 3.8) is 0 Å². The molecule has 0 amide bonds. The van der Waals surface area contributed by atoms with Gasteiger partial charge >= 0.3 is 0 Å². The van der Waals surface area contributed by atoms with Gasteiger partial charge in [-0.1, -0.05) is 107 Å². The highest BCUT2D eigenvalue weighted by atomic mass is 16.5. The predicted octanol–water partition coefficient (Wildman–Crippen LogP) is 9.96. The Morgan fingerprint density at radius 3 is 1.76 bits per heavy atom. The molecular formula is C36H46O2. The van der Waals surface area contributed by atoms with Gasteiger partial charge in [0.1, 0.15) is 0 Å². The van der Waals surface area contributed by atoms with Crippen LogP contribution in [-0.4, -0.2) is 13.2 Å². The number of hydrogen-bond acceptors (Lipinski definition) is 2. The number of aryl methyl sites for hydroxylation is 3. The molecule has 0 heterocycles. The summed E-state index contributed by atoms with van der Waals surface area (Å²) in [4.78, 5) is 0. The lowest BCUT2D eigenvalue weighted by Gasteiger charge is -2.22. The summed E-state index contributed by atoms with van der Waals surface area (Å²) in [5, 5.41) is 0. The van der Waals surface area contributed by atoms with Crippen molar-refractivity contribution in [2.45, 2.75) is 72.6 Å². The summed E-state index contributed by atoms with van der Waals surface area (Å²) in [7, 11) is 0. The third-order valence-electron chi connectivity index (χ3n) is 7.27. The van der Waals surface area contributed by atoms with E-state index in [4.69, 9.17) is 9.47 Å². The first-order chi connectivity index (χ1) is 18.5. The number of ether oxygens (including phenoxy) is 2. The van der Waals surface area contributed by atoms with Crippen LogP contribution in [0, 0.1) is 5.92 Å². The van der Waals surface area contributed by atoms with E-state index in [1.165, 1.54) is 64.6 Å². The lowest BCUT2D eigenvalue weighted by molar-refractivity contribution is 0.146. The van der Waals surface area contributed by atoms with Gasteiger partial charge in [-0.25, -0.2) is 0 Å². The molecule has 0 aliphatic rings. The minimum atomic E-state index is -0.000721. The molecule has 0 saturated carbocycles. The highest BCUT2D eigenvalue weighted by Gasteiger charge is 2.19. The van der Waals surface area contributed by atoms with Gasteiger partial charge in [0.05, 0.1) is 30.6 Å². The Labute approximate surface area is 231 Å². The van der Waals surface area contributed by atoms with Gasteiger partial charge in [-0.15, -0.1) is 0 Å². The van der Waals surface area contributed by atoms with Gasteiger partial charge in [-0.05, 0) is 84.9 Å². The minimum absolute atomic E-state index is 0.000721. The quantitative estimate of drug-likeness (QED) is 0.141. The molecule has 3 aromatic rings. The third kappa shape index (κ3) is 8.12. The highest BCUT2D eigenvalue weighted by molar-refractivity contribution is 5.74. The maximum Gasteiger partial charge on any atom is 0.0994 e. The van der Waals surface area contributed by atoms with Crippen molar-refractivity contribution in [2.75, 3.05) is 13.2 Å². The normalized spacial score (nSPS) is 11.0. The number of benzene rings is 3. The van der Waals surface area contributed by atoms with Gasteiger partial charge in [-0.3, -0.25) is 0 Å². The maximum absolute atomic E-state index is 5.69. The molecule has 0 atom stereocenters. The second-order valence-corrected chi connectivity index (χ2v) is 9.97. The summed E-state index contributed by atoms with van der Waals surface area (Å²) < 4.78 is 11.4. The molecule has 0 spiro atoms. The van der Waals surface area contributed by atoms with Crippen molar-refractivity contribution in [1.82, 2.24) is 0 Å². The first-order valence-electron chi connectivity index (χ1n) is 14.4. The SMILES string of the molecule is C=C(OCC)C(CCc1ccc(-c2ccc(-c3ccc(CCCCC)cc3)cc2CC)cc1)C(=C)OCC. The lowest BCUT2D eigenvalue weighted by atomic mass is 9.92. The van der Waals surface area contributed by atoms with Crippen LogP contribution >= 0.6 is 0 Å². The summed E-state index contributed by atoms with van der Waals surface area (Å²) in [6, 6.07) is 25.0. The van der Waals surface area contributed by atoms with Crippen molar-refractivity contribution >= 4 is 0 Å². The fourth-order valence-corrected chi connectivity index (χ4v) is 5.03. The Kier molecular flexibility index (Phi) is 11.7. The largest absolute Gasteiger partial charge is 0.498 e. The molecule has 3 rings (SSSR count). The number of rotatable bonds is 16. The van der Waals surface area contributed by atoms with E-state index in [1.54, 1.807) is 0 Å². The second-order valence-electron chi connectivity index (χ2n) is 9.97. The summed E-state index contributed by atoms with van der Waals surface area (Å²) >= 11 is 0. The summed E-state index contributed by atoms with van der Waals surface area (Å²) in [5.41, 5.74) is 9.26. The van der Waals surface area contributed by atoms with Crippen LogP contribution in [0.1, 0.15) is 70.1 Å². The Balaban J connectivity index is 1.70. The summed E-state index contributed by atoms with van der Waals surface area (Å²) in [5.74, 6) is 1.47. The molecule has 202 valence electrons. The van der Waals surface area contributed by atoms with Crippen LogP contribution in [0.15, 0.2) is 91.4 Å². The molecule has 0 unspecified atom stereocenters. The molecule has 0 aliphatic carbocycles. The van der Waals surface area contributed by atoms with E-state index < -0.39 is 0 Å². The second kappa shape index (κ2) is 15.2. The topological polar surface area (TPSA) is 18.5 Å². The molecule has 0 radical (unpaired) electrons. The van der Waals surface area contributed by atoms with Crippen molar-refractivity contribution < 1.29 is 9.47 Å². The summed E-state index contributed by atoms with van der Waals surface area (Å²) in [6.07, 6.45) is 7.79. The van der Waals surface area contributed by atoms with Crippen molar-refractivity contribution in [3.8, 4) is 22.3 Å². The van der Waals surface area contributed by atoms with Crippen molar-refractivity contribution in [1.29, 1.82) is 0 Å². The molecule has 2 heteroatoms. The fourth-order valence-electron chi connectivity index (χ4n) is 5.03. The van der Waals surface area contributed by atoms with Crippen molar-refractivity contribution in [3.05, 3.63) is 108 Å². The molecule has 3 aromatic carbocycles. The molecule has 0 bridgehead atoms. The van der Waals surface area contributed by atoms with Crippen LogP contribution in [-0.2, 0) is 28.7 Å². The first kappa shape index (κ1) is 29.3. The maximum atomic E-state index is 5.69. The van der Waals surface area contributed by atoms with E-state index in [9.17, 15) is 0 Å². The van der Waals surface area contributed by atoms with E-state index in [2.05, 4.69) is 93.7 Å². The van der Waals surface area contributed by atoms with Gasteiger partial charge in [0, 0.05) is 0 Å². The van der Waals surface area contributed by atoms with E-state index in [0.717, 1.165) is 30.8 Å². The van der Waals surface area contributed by atoms with Crippen LogP contribution in [0.5, 0.6) is 0 Å². The predicted molar refractivity (Wildman–Crippen MR) is 163 cm³/mol. The molecular weight excluding hydrogens is 464 g/mol.